The number of aryl methyl sites for hydroxylation is 1. The second-order valence-electron chi connectivity index (χ2n) is 4.76. The van der Waals surface area contributed by atoms with Crippen molar-refractivity contribution in [3.8, 4) is 5.75 Å². The number of isocyanates is 1. The van der Waals surface area contributed by atoms with Gasteiger partial charge in [0.15, 0.2) is 5.50 Å². The zero-order valence-electron chi connectivity index (χ0n) is 10.5. The van der Waals surface area contributed by atoms with Gasteiger partial charge < -0.3 is 4.74 Å². The molecule has 1 aromatic rings. The minimum absolute atomic E-state index is 0.329. The Balaban J connectivity index is 3.21. The second kappa shape index (κ2) is 5.35. The molecule has 0 aliphatic rings. The van der Waals surface area contributed by atoms with Crippen molar-refractivity contribution in [3.05, 3.63) is 29.3 Å². The van der Waals surface area contributed by atoms with Crippen LogP contribution in [0.3, 0.4) is 0 Å². The maximum atomic E-state index is 10.3. The first-order chi connectivity index (χ1) is 7.85. The minimum Gasteiger partial charge on any atom is -0.488 e. The molecule has 1 atom stereocenters. The van der Waals surface area contributed by atoms with E-state index in [-0.39, 0.29) is 5.60 Å². The molecule has 1 unspecified atom stereocenters. The monoisotopic (exact) mass is 253 g/mol. The van der Waals surface area contributed by atoms with Crippen molar-refractivity contribution in [3.63, 3.8) is 0 Å². The van der Waals surface area contributed by atoms with Crippen molar-refractivity contribution in [1.82, 2.24) is 0 Å². The fourth-order valence-corrected chi connectivity index (χ4v) is 1.81. The van der Waals surface area contributed by atoms with Crippen LogP contribution >= 0.6 is 11.6 Å². The number of hydrogen-bond donors (Lipinski definition) is 0. The van der Waals surface area contributed by atoms with Gasteiger partial charge in [0.2, 0.25) is 6.08 Å². The van der Waals surface area contributed by atoms with Crippen LogP contribution in [0.25, 0.3) is 0 Å². The Morgan fingerprint density at radius 3 is 2.59 bits per heavy atom. The van der Waals surface area contributed by atoms with Crippen LogP contribution in [-0.2, 0) is 4.79 Å². The molecule has 0 spiro atoms. The first-order valence-electron chi connectivity index (χ1n) is 5.35. The van der Waals surface area contributed by atoms with Gasteiger partial charge in [0.05, 0.1) is 0 Å². The molecule has 4 heteroatoms. The molecule has 0 radical (unpaired) electrons. The number of halogens is 1. The average Bonchev–Trinajstić information content (AvgIpc) is 2.15. The molecule has 0 aliphatic heterocycles. The Kier molecular flexibility index (Phi) is 4.33. The number of benzene rings is 1. The van der Waals surface area contributed by atoms with Crippen LogP contribution in [0, 0.1) is 6.92 Å². The highest BCUT2D eigenvalue weighted by Crippen LogP contribution is 2.34. The van der Waals surface area contributed by atoms with Crippen LogP contribution in [0.1, 0.15) is 37.4 Å². The zero-order valence-corrected chi connectivity index (χ0v) is 11.2. The molecule has 0 aromatic heterocycles. The largest absolute Gasteiger partial charge is 0.488 e. The normalized spacial score (nSPS) is 12.8. The standard InChI is InChI=1S/C13H16ClNO2/c1-9-6-5-7-10(17-13(2,3)4)11(9)12(14)15-8-16/h5-7,12H,1-4H3. The third kappa shape index (κ3) is 3.88. The minimum atomic E-state index is -0.758. The van der Waals surface area contributed by atoms with Gasteiger partial charge in [-0.15, -0.1) is 0 Å². The van der Waals surface area contributed by atoms with E-state index in [1.54, 1.807) is 0 Å². The Morgan fingerprint density at radius 2 is 2.06 bits per heavy atom. The Morgan fingerprint density at radius 1 is 1.41 bits per heavy atom. The maximum Gasteiger partial charge on any atom is 0.236 e. The lowest BCUT2D eigenvalue weighted by molar-refractivity contribution is 0.129. The van der Waals surface area contributed by atoms with Crippen LogP contribution in [0.2, 0.25) is 0 Å². The van der Waals surface area contributed by atoms with E-state index in [1.807, 2.05) is 45.9 Å². The number of ether oxygens (including phenoxy) is 1. The lowest BCUT2D eigenvalue weighted by atomic mass is 10.1. The summed E-state index contributed by atoms with van der Waals surface area (Å²) in [5, 5.41) is 0. The molecule has 17 heavy (non-hydrogen) atoms. The number of hydrogen-bond acceptors (Lipinski definition) is 3. The quantitative estimate of drug-likeness (QED) is 0.356. The number of nitrogens with zero attached hydrogens (tertiary/aromatic N) is 1. The van der Waals surface area contributed by atoms with E-state index in [4.69, 9.17) is 16.3 Å². The molecule has 0 fully saturated rings. The summed E-state index contributed by atoms with van der Waals surface area (Å²) in [6.07, 6.45) is 1.47. The van der Waals surface area contributed by atoms with Gasteiger partial charge in [-0.25, -0.2) is 4.79 Å². The predicted octanol–water partition coefficient (Wildman–Crippen LogP) is 3.75. The van der Waals surface area contributed by atoms with Crippen molar-refractivity contribution in [2.75, 3.05) is 0 Å². The highest BCUT2D eigenvalue weighted by molar-refractivity contribution is 6.21. The first-order valence-corrected chi connectivity index (χ1v) is 5.78. The number of rotatable bonds is 3. The highest BCUT2D eigenvalue weighted by atomic mass is 35.5. The third-order valence-electron chi connectivity index (χ3n) is 2.10. The van der Waals surface area contributed by atoms with Crippen molar-refractivity contribution in [1.29, 1.82) is 0 Å². The van der Waals surface area contributed by atoms with Crippen molar-refractivity contribution in [2.45, 2.75) is 38.8 Å². The first kappa shape index (κ1) is 13.8. The van der Waals surface area contributed by atoms with Gasteiger partial charge in [0.1, 0.15) is 11.4 Å². The van der Waals surface area contributed by atoms with E-state index in [0.717, 1.165) is 5.56 Å². The summed E-state index contributed by atoms with van der Waals surface area (Å²) >= 11 is 6.04. The van der Waals surface area contributed by atoms with Gasteiger partial charge in [0, 0.05) is 5.56 Å². The fraction of sp³-hybridized carbons (Fsp3) is 0.462. The fourth-order valence-electron chi connectivity index (χ4n) is 1.49. The lowest BCUT2D eigenvalue weighted by Gasteiger charge is -2.24. The van der Waals surface area contributed by atoms with Crippen LogP contribution < -0.4 is 4.74 Å². The van der Waals surface area contributed by atoms with Gasteiger partial charge in [-0.1, -0.05) is 23.7 Å². The van der Waals surface area contributed by atoms with Crippen LogP contribution in [0.5, 0.6) is 5.75 Å². The molecule has 0 amide bonds. The topological polar surface area (TPSA) is 38.7 Å². The molecule has 3 nitrogen and oxygen atoms in total. The van der Waals surface area contributed by atoms with Crippen molar-refractivity contribution >= 4 is 17.7 Å². The summed E-state index contributed by atoms with van der Waals surface area (Å²) in [7, 11) is 0. The SMILES string of the molecule is Cc1cccc(OC(C)(C)C)c1C(Cl)N=C=O. The molecule has 0 aliphatic carbocycles. The molecule has 1 rings (SSSR count). The number of carbonyl (C=O) groups excluding carboxylic acids is 1. The van der Waals surface area contributed by atoms with Crippen molar-refractivity contribution < 1.29 is 9.53 Å². The van der Waals surface area contributed by atoms with Gasteiger partial charge in [-0.2, -0.15) is 4.99 Å². The zero-order chi connectivity index (χ0) is 13.1. The molecule has 0 saturated heterocycles. The summed E-state index contributed by atoms with van der Waals surface area (Å²) in [6.45, 7) is 7.75. The predicted molar refractivity (Wildman–Crippen MR) is 68.3 cm³/mol. The number of aliphatic imine (C=N–C) groups is 1. The van der Waals surface area contributed by atoms with Crippen LogP contribution in [0.15, 0.2) is 23.2 Å². The highest BCUT2D eigenvalue weighted by Gasteiger charge is 2.20. The molecule has 0 N–H and O–H groups in total. The van der Waals surface area contributed by atoms with Gasteiger partial charge in [-0.05, 0) is 39.3 Å². The third-order valence-corrected chi connectivity index (χ3v) is 2.42. The molecule has 0 heterocycles. The van der Waals surface area contributed by atoms with Gasteiger partial charge >= 0.3 is 0 Å². The summed E-state index contributed by atoms with van der Waals surface area (Å²) in [5.41, 5.74) is 0.563. The molecular weight excluding hydrogens is 238 g/mol. The summed E-state index contributed by atoms with van der Waals surface area (Å²) in [5.74, 6) is 0.650. The van der Waals surface area contributed by atoms with Crippen LogP contribution in [-0.4, -0.2) is 11.7 Å². The average molecular weight is 254 g/mol. The molecule has 92 valence electrons. The second-order valence-corrected chi connectivity index (χ2v) is 5.17. The summed E-state index contributed by atoms with van der Waals surface area (Å²) in [6, 6.07) is 5.61. The molecule has 0 saturated carbocycles. The molecular formula is C13H16ClNO2. The van der Waals surface area contributed by atoms with Gasteiger partial charge in [0.25, 0.3) is 0 Å². The maximum absolute atomic E-state index is 10.3. The van der Waals surface area contributed by atoms with E-state index in [2.05, 4.69) is 4.99 Å². The van der Waals surface area contributed by atoms with Crippen LogP contribution in [0.4, 0.5) is 0 Å². The molecule has 1 aromatic carbocycles. The summed E-state index contributed by atoms with van der Waals surface area (Å²) in [4.78, 5) is 13.8. The number of alkyl halides is 1. The van der Waals surface area contributed by atoms with E-state index in [0.29, 0.717) is 11.3 Å². The Bertz CT molecular complexity index is 445. The van der Waals surface area contributed by atoms with Gasteiger partial charge in [-0.3, -0.25) is 0 Å². The van der Waals surface area contributed by atoms with E-state index < -0.39 is 5.50 Å². The van der Waals surface area contributed by atoms with E-state index in [1.165, 1.54) is 6.08 Å². The Hall–Kier alpha value is -1.31. The summed E-state index contributed by atoms with van der Waals surface area (Å²) < 4.78 is 5.81. The molecule has 0 bridgehead atoms. The van der Waals surface area contributed by atoms with E-state index in [9.17, 15) is 4.79 Å². The lowest BCUT2D eigenvalue weighted by Crippen LogP contribution is -2.23. The van der Waals surface area contributed by atoms with E-state index >= 15 is 0 Å². The smallest absolute Gasteiger partial charge is 0.236 e. The van der Waals surface area contributed by atoms with Crippen molar-refractivity contribution in [2.24, 2.45) is 4.99 Å². The Labute approximate surface area is 106 Å².